The van der Waals surface area contributed by atoms with E-state index in [2.05, 4.69) is 41.5 Å². The van der Waals surface area contributed by atoms with Gasteiger partial charge in [0.1, 0.15) is 0 Å². The molecule has 34 heavy (non-hydrogen) atoms. The Labute approximate surface area is 197 Å². The third kappa shape index (κ3) is 3.35. The quantitative estimate of drug-likeness (QED) is 0.626. The summed E-state index contributed by atoms with van der Waals surface area (Å²) in [5.74, 6) is 1.37. The van der Waals surface area contributed by atoms with Gasteiger partial charge >= 0.3 is 5.69 Å². The van der Waals surface area contributed by atoms with Crippen LogP contribution in [0.25, 0.3) is 5.65 Å². The van der Waals surface area contributed by atoms with Gasteiger partial charge in [-0.15, -0.1) is 0 Å². The number of aromatic nitrogens is 3. The summed E-state index contributed by atoms with van der Waals surface area (Å²) in [4.78, 5) is 40.4. The lowest BCUT2D eigenvalue weighted by Crippen LogP contribution is -2.51. The number of benzene rings is 1. The number of hydrogen-bond acceptors (Lipinski definition) is 4. The molecule has 8 nitrogen and oxygen atoms in total. The van der Waals surface area contributed by atoms with Gasteiger partial charge in [-0.3, -0.25) is 9.59 Å². The Morgan fingerprint density at radius 1 is 1.12 bits per heavy atom. The highest BCUT2D eigenvalue weighted by Gasteiger charge is 2.63. The molecule has 0 radical (unpaired) electrons. The molecule has 3 aromatic rings. The van der Waals surface area contributed by atoms with Crippen molar-refractivity contribution in [2.75, 3.05) is 6.54 Å². The first-order valence-electron chi connectivity index (χ1n) is 12.0. The lowest BCUT2D eigenvalue weighted by Gasteiger charge is -2.39. The highest BCUT2D eigenvalue weighted by atomic mass is 16.2. The Morgan fingerprint density at radius 3 is 2.62 bits per heavy atom. The first kappa shape index (κ1) is 21.1. The van der Waals surface area contributed by atoms with E-state index in [1.54, 1.807) is 12.1 Å². The summed E-state index contributed by atoms with van der Waals surface area (Å²) in [7, 11) is 0. The number of rotatable bonds is 4. The van der Waals surface area contributed by atoms with Crippen LogP contribution in [0.5, 0.6) is 0 Å². The standard InChI is InChI=1S/C26H29N5O3/c1-26(2)20-10-18(11-21(20)26)24(33)30-13-16-6-4-3-5-15(16)9-19(30)12-27-23(32)17-7-8-22-28-29-25(34)31(22)14-17/h3-8,14,18-21H,9-13H2,1-2H3,(H,27,32)(H,29,34)/t18?,19?,20-,21+. The normalized spacial score (nSPS) is 26.7. The molecule has 2 unspecified atom stereocenters. The second-order valence-corrected chi connectivity index (χ2v) is 10.7. The molecule has 2 aliphatic carbocycles. The summed E-state index contributed by atoms with van der Waals surface area (Å²) in [6.45, 7) is 5.57. The van der Waals surface area contributed by atoms with Gasteiger partial charge in [0.05, 0.1) is 11.6 Å². The van der Waals surface area contributed by atoms with Gasteiger partial charge in [-0.05, 0) is 59.8 Å². The van der Waals surface area contributed by atoms with E-state index in [4.69, 9.17) is 0 Å². The first-order valence-corrected chi connectivity index (χ1v) is 12.0. The molecule has 2 fully saturated rings. The smallest absolute Gasteiger partial charge is 0.347 e. The Balaban J connectivity index is 1.19. The van der Waals surface area contributed by atoms with Gasteiger partial charge in [-0.2, -0.15) is 5.10 Å². The van der Waals surface area contributed by atoms with Gasteiger partial charge in [0.2, 0.25) is 5.91 Å². The van der Waals surface area contributed by atoms with Crippen LogP contribution in [0.3, 0.4) is 0 Å². The van der Waals surface area contributed by atoms with Crippen molar-refractivity contribution in [3.05, 3.63) is 69.8 Å². The highest BCUT2D eigenvalue weighted by Crippen LogP contribution is 2.68. The zero-order chi connectivity index (χ0) is 23.6. The molecule has 4 atom stereocenters. The van der Waals surface area contributed by atoms with E-state index in [9.17, 15) is 14.4 Å². The predicted molar refractivity (Wildman–Crippen MR) is 126 cm³/mol. The van der Waals surface area contributed by atoms with Crippen LogP contribution in [0.2, 0.25) is 0 Å². The van der Waals surface area contributed by atoms with Gasteiger partial charge in [0.15, 0.2) is 5.65 Å². The number of carbonyl (C=O) groups excluding carboxylic acids is 2. The van der Waals surface area contributed by atoms with Crippen LogP contribution in [0.1, 0.15) is 48.2 Å². The molecule has 6 rings (SSSR count). The van der Waals surface area contributed by atoms with Crippen LogP contribution in [0.4, 0.5) is 0 Å². The van der Waals surface area contributed by atoms with Crippen LogP contribution < -0.4 is 11.0 Å². The molecule has 0 saturated heterocycles. The van der Waals surface area contributed by atoms with Gasteiger partial charge in [0.25, 0.3) is 5.91 Å². The van der Waals surface area contributed by atoms with Gasteiger partial charge in [-0.1, -0.05) is 38.1 Å². The van der Waals surface area contributed by atoms with Crippen LogP contribution in [0, 0.1) is 23.2 Å². The van der Waals surface area contributed by atoms with E-state index in [0.717, 1.165) is 12.8 Å². The summed E-state index contributed by atoms with van der Waals surface area (Å²) in [6.07, 6.45) is 4.16. The predicted octanol–water partition coefficient (Wildman–Crippen LogP) is 2.39. The first-order chi connectivity index (χ1) is 16.3. The van der Waals surface area contributed by atoms with Crippen molar-refractivity contribution >= 4 is 17.5 Å². The highest BCUT2D eigenvalue weighted by molar-refractivity contribution is 5.94. The fourth-order valence-electron chi connectivity index (χ4n) is 6.32. The van der Waals surface area contributed by atoms with Crippen molar-refractivity contribution in [3.63, 3.8) is 0 Å². The third-order valence-electron chi connectivity index (χ3n) is 8.52. The fraction of sp³-hybridized carbons (Fsp3) is 0.462. The third-order valence-corrected chi connectivity index (χ3v) is 8.52. The molecule has 0 spiro atoms. The number of pyridine rings is 1. The molecule has 2 amide bonds. The van der Waals surface area contributed by atoms with E-state index in [1.807, 2.05) is 17.0 Å². The van der Waals surface area contributed by atoms with Crippen molar-refractivity contribution in [1.82, 2.24) is 24.8 Å². The molecule has 0 bridgehead atoms. The van der Waals surface area contributed by atoms with Crippen molar-refractivity contribution in [1.29, 1.82) is 0 Å². The van der Waals surface area contributed by atoms with Crippen molar-refractivity contribution < 1.29 is 9.59 Å². The maximum absolute atomic E-state index is 13.6. The number of H-pyrrole nitrogens is 1. The second-order valence-electron chi connectivity index (χ2n) is 10.7. The lowest BCUT2D eigenvalue weighted by atomic mass is 9.89. The Kier molecular flexibility index (Phi) is 4.69. The minimum absolute atomic E-state index is 0.0851. The largest absolute Gasteiger partial charge is 0.350 e. The zero-order valence-electron chi connectivity index (χ0n) is 19.5. The topological polar surface area (TPSA) is 99.6 Å². The SMILES string of the molecule is CC1(C)[C@@H]2CC(C(=O)N3Cc4ccccc4CC3CNC(=O)c3ccc4n[nH]c(=O)n4c3)C[C@@H]21. The summed E-state index contributed by atoms with van der Waals surface area (Å²) in [5, 5.41) is 9.27. The van der Waals surface area contributed by atoms with E-state index in [-0.39, 0.29) is 29.5 Å². The number of fused-ring (bicyclic) bond motifs is 3. The Bertz CT molecular complexity index is 1340. The summed E-state index contributed by atoms with van der Waals surface area (Å²) in [6, 6.07) is 11.4. The van der Waals surface area contributed by atoms with Crippen LogP contribution in [0.15, 0.2) is 47.4 Å². The minimum atomic E-state index is -0.386. The Morgan fingerprint density at radius 2 is 1.85 bits per heavy atom. The number of nitrogens with zero attached hydrogens (tertiary/aromatic N) is 3. The number of aromatic amines is 1. The molecule has 8 heteroatoms. The van der Waals surface area contributed by atoms with Crippen molar-refractivity contribution in [2.24, 2.45) is 23.2 Å². The zero-order valence-corrected chi connectivity index (χ0v) is 19.5. The average Bonchev–Trinajstić information content (AvgIpc) is 3.23. The minimum Gasteiger partial charge on any atom is -0.350 e. The summed E-state index contributed by atoms with van der Waals surface area (Å²) >= 11 is 0. The van der Waals surface area contributed by atoms with Gasteiger partial charge in [0, 0.05) is 25.2 Å². The summed E-state index contributed by atoms with van der Waals surface area (Å²) < 4.78 is 1.31. The number of carbonyl (C=O) groups is 2. The fourth-order valence-corrected chi connectivity index (χ4v) is 6.32. The van der Waals surface area contributed by atoms with Gasteiger partial charge < -0.3 is 10.2 Å². The lowest BCUT2D eigenvalue weighted by molar-refractivity contribution is -0.139. The van der Waals surface area contributed by atoms with E-state index in [1.165, 1.54) is 21.7 Å². The van der Waals surface area contributed by atoms with E-state index >= 15 is 0 Å². The van der Waals surface area contributed by atoms with E-state index < -0.39 is 0 Å². The van der Waals surface area contributed by atoms with Gasteiger partial charge in [-0.25, -0.2) is 14.3 Å². The molecular formula is C26H29N5O3. The maximum atomic E-state index is 13.6. The second kappa shape index (κ2) is 7.55. The molecule has 2 aromatic heterocycles. The average molecular weight is 460 g/mol. The van der Waals surface area contributed by atoms with Crippen LogP contribution in [-0.2, 0) is 17.8 Å². The monoisotopic (exact) mass is 459 g/mol. The molecule has 3 aliphatic rings. The molecular weight excluding hydrogens is 430 g/mol. The van der Waals surface area contributed by atoms with Crippen LogP contribution in [-0.4, -0.2) is 43.9 Å². The number of hydrogen-bond donors (Lipinski definition) is 2. The molecule has 176 valence electrons. The van der Waals surface area contributed by atoms with Crippen LogP contribution >= 0.6 is 0 Å². The molecule has 2 N–H and O–H groups in total. The number of nitrogens with one attached hydrogen (secondary N) is 2. The van der Waals surface area contributed by atoms with Crippen molar-refractivity contribution in [2.45, 2.75) is 45.7 Å². The molecule has 3 heterocycles. The Hall–Kier alpha value is -3.42. The maximum Gasteiger partial charge on any atom is 0.347 e. The molecule has 1 aromatic carbocycles. The molecule has 2 saturated carbocycles. The number of amides is 2. The molecule has 1 aliphatic heterocycles. The van der Waals surface area contributed by atoms with E-state index in [0.29, 0.717) is 48.0 Å². The van der Waals surface area contributed by atoms with Crippen molar-refractivity contribution in [3.8, 4) is 0 Å². The summed E-state index contributed by atoms with van der Waals surface area (Å²) in [5.41, 5.74) is 3.25.